The summed E-state index contributed by atoms with van der Waals surface area (Å²) >= 11 is 0. The maximum atomic E-state index is 13.1. The standard InChI is InChI=1S/C27H38N4O5/c1-16(2)30(14-17-8-10-28-11-9-17)18-12-19(13-18)36-23-6-4-20-21(25(23)35-3)15-31(27(20)34)22-5-7-24(32)29-26(22)33/h4,6,16-19,22,28H,5,7-15H2,1-3H3,(H,29,32,33). The van der Waals surface area contributed by atoms with Crippen molar-refractivity contribution in [3.63, 3.8) is 0 Å². The van der Waals surface area contributed by atoms with E-state index in [2.05, 4.69) is 29.4 Å². The zero-order valence-corrected chi connectivity index (χ0v) is 21.5. The van der Waals surface area contributed by atoms with Crippen LogP contribution in [-0.2, 0) is 16.1 Å². The molecule has 2 N–H and O–H groups in total. The highest BCUT2D eigenvalue weighted by Gasteiger charge is 2.42. The zero-order chi connectivity index (χ0) is 25.4. The summed E-state index contributed by atoms with van der Waals surface area (Å²) in [7, 11) is 1.59. The van der Waals surface area contributed by atoms with Crippen LogP contribution in [0.2, 0.25) is 0 Å². The number of ether oxygens (including phenoxy) is 2. The van der Waals surface area contributed by atoms with Gasteiger partial charge in [0.1, 0.15) is 12.1 Å². The van der Waals surface area contributed by atoms with E-state index in [1.54, 1.807) is 18.1 Å². The molecule has 4 aliphatic rings. The molecule has 36 heavy (non-hydrogen) atoms. The van der Waals surface area contributed by atoms with Crippen molar-refractivity contribution in [2.24, 2.45) is 5.92 Å². The lowest BCUT2D eigenvalue weighted by molar-refractivity contribution is -0.136. The van der Waals surface area contributed by atoms with Gasteiger partial charge in [-0.25, -0.2) is 0 Å². The van der Waals surface area contributed by atoms with Crippen molar-refractivity contribution in [3.8, 4) is 11.5 Å². The molecule has 1 unspecified atom stereocenters. The van der Waals surface area contributed by atoms with Gasteiger partial charge in [0.15, 0.2) is 11.5 Å². The van der Waals surface area contributed by atoms with Crippen molar-refractivity contribution in [2.45, 2.75) is 83.1 Å². The molecule has 1 saturated carbocycles. The second-order valence-electron chi connectivity index (χ2n) is 10.9. The maximum absolute atomic E-state index is 13.1. The molecule has 196 valence electrons. The minimum atomic E-state index is -0.647. The molecule has 3 fully saturated rings. The maximum Gasteiger partial charge on any atom is 0.255 e. The van der Waals surface area contributed by atoms with Gasteiger partial charge >= 0.3 is 0 Å². The fourth-order valence-corrected chi connectivity index (χ4v) is 6.14. The number of piperidine rings is 2. The average molecular weight is 499 g/mol. The lowest BCUT2D eigenvalue weighted by Gasteiger charge is -2.46. The Bertz CT molecular complexity index is 1020. The Morgan fingerprint density at radius 1 is 1.11 bits per heavy atom. The number of benzene rings is 1. The number of carbonyl (C=O) groups is 3. The Hall–Kier alpha value is -2.65. The molecule has 9 heteroatoms. The lowest BCUT2D eigenvalue weighted by atomic mass is 9.85. The van der Waals surface area contributed by atoms with Crippen LogP contribution < -0.4 is 20.1 Å². The first-order chi connectivity index (χ1) is 17.4. The van der Waals surface area contributed by atoms with Crippen LogP contribution in [-0.4, -0.2) is 78.5 Å². The summed E-state index contributed by atoms with van der Waals surface area (Å²) < 4.78 is 12.1. The molecule has 0 bridgehead atoms. The molecule has 0 radical (unpaired) electrons. The SMILES string of the molecule is COc1c(OC2CC(N(CC3CCNCC3)C(C)C)C2)ccc2c1CN(C1CCC(=O)NC1=O)C2=O. The van der Waals surface area contributed by atoms with E-state index in [4.69, 9.17) is 9.47 Å². The number of methoxy groups -OCH3 is 1. The van der Waals surface area contributed by atoms with Gasteiger partial charge in [-0.3, -0.25) is 24.6 Å². The first-order valence-electron chi connectivity index (χ1n) is 13.3. The molecule has 0 spiro atoms. The molecule has 1 aromatic carbocycles. The summed E-state index contributed by atoms with van der Waals surface area (Å²) in [6.45, 7) is 8.22. The van der Waals surface area contributed by atoms with E-state index in [1.807, 2.05) is 6.07 Å². The predicted molar refractivity (Wildman–Crippen MR) is 134 cm³/mol. The number of fused-ring (bicyclic) bond motifs is 1. The summed E-state index contributed by atoms with van der Waals surface area (Å²) in [5.41, 5.74) is 1.28. The first kappa shape index (κ1) is 25.0. The van der Waals surface area contributed by atoms with Crippen LogP contribution >= 0.6 is 0 Å². The summed E-state index contributed by atoms with van der Waals surface area (Å²) in [6.07, 6.45) is 5.13. The molecule has 9 nitrogen and oxygen atoms in total. The highest BCUT2D eigenvalue weighted by molar-refractivity contribution is 6.05. The van der Waals surface area contributed by atoms with E-state index in [0.717, 1.165) is 44.0 Å². The van der Waals surface area contributed by atoms with Crippen LogP contribution in [0.5, 0.6) is 11.5 Å². The van der Waals surface area contributed by atoms with Gasteiger partial charge in [0.25, 0.3) is 5.91 Å². The van der Waals surface area contributed by atoms with Crippen LogP contribution in [0.1, 0.15) is 68.3 Å². The average Bonchev–Trinajstić information content (AvgIpc) is 3.16. The predicted octanol–water partition coefficient (Wildman–Crippen LogP) is 2.08. The van der Waals surface area contributed by atoms with Gasteiger partial charge in [-0.2, -0.15) is 0 Å². The summed E-state index contributed by atoms with van der Waals surface area (Å²) in [5, 5.41) is 5.80. The van der Waals surface area contributed by atoms with E-state index < -0.39 is 11.9 Å². The van der Waals surface area contributed by atoms with Crippen molar-refractivity contribution >= 4 is 17.7 Å². The highest BCUT2D eigenvalue weighted by atomic mass is 16.5. The smallest absolute Gasteiger partial charge is 0.255 e. The Morgan fingerprint density at radius 3 is 2.53 bits per heavy atom. The van der Waals surface area contributed by atoms with Crippen LogP contribution in [0.15, 0.2) is 12.1 Å². The topological polar surface area (TPSA) is 100 Å². The van der Waals surface area contributed by atoms with Crippen LogP contribution in [0.3, 0.4) is 0 Å². The molecule has 1 aliphatic carbocycles. The molecule has 1 aromatic rings. The summed E-state index contributed by atoms with van der Waals surface area (Å²) in [6, 6.07) is 3.96. The fraction of sp³-hybridized carbons (Fsp3) is 0.667. The van der Waals surface area contributed by atoms with Gasteiger partial charge in [0.2, 0.25) is 11.8 Å². The van der Waals surface area contributed by atoms with E-state index in [-0.39, 0.29) is 30.9 Å². The number of hydrogen-bond acceptors (Lipinski definition) is 7. The van der Waals surface area contributed by atoms with Gasteiger partial charge in [0.05, 0.1) is 13.7 Å². The second-order valence-corrected chi connectivity index (χ2v) is 10.9. The van der Waals surface area contributed by atoms with Gasteiger partial charge in [-0.1, -0.05) is 0 Å². The van der Waals surface area contributed by atoms with E-state index in [0.29, 0.717) is 35.6 Å². The number of imide groups is 1. The Balaban J connectivity index is 1.23. The third kappa shape index (κ3) is 4.83. The number of rotatable bonds is 8. The van der Waals surface area contributed by atoms with E-state index in [9.17, 15) is 14.4 Å². The molecule has 3 amide bonds. The minimum Gasteiger partial charge on any atom is -0.492 e. The van der Waals surface area contributed by atoms with Crippen LogP contribution in [0, 0.1) is 5.92 Å². The Labute approximate surface area is 212 Å². The molecule has 3 aliphatic heterocycles. The van der Waals surface area contributed by atoms with Crippen LogP contribution in [0.25, 0.3) is 0 Å². The number of nitrogens with zero attached hydrogens (tertiary/aromatic N) is 2. The lowest BCUT2D eigenvalue weighted by Crippen LogP contribution is -2.53. The van der Waals surface area contributed by atoms with E-state index >= 15 is 0 Å². The van der Waals surface area contributed by atoms with Gasteiger partial charge in [0, 0.05) is 49.0 Å². The quantitative estimate of drug-likeness (QED) is 0.530. The van der Waals surface area contributed by atoms with Crippen molar-refractivity contribution in [3.05, 3.63) is 23.3 Å². The molecule has 3 heterocycles. The summed E-state index contributed by atoms with van der Waals surface area (Å²) in [5.74, 6) is 1.05. The van der Waals surface area contributed by atoms with Crippen molar-refractivity contribution in [1.82, 2.24) is 20.4 Å². The normalized spacial score (nSPS) is 26.8. The second kappa shape index (κ2) is 10.4. The summed E-state index contributed by atoms with van der Waals surface area (Å²) in [4.78, 5) is 41.2. The first-order valence-corrected chi connectivity index (χ1v) is 13.3. The minimum absolute atomic E-state index is 0.111. The number of carbonyl (C=O) groups excluding carboxylic acids is 3. The number of hydrogen-bond donors (Lipinski definition) is 2. The van der Waals surface area contributed by atoms with Gasteiger partial charge in [-0.15, -0.1) is 0 Å². The molecule has 5 rings (SSSR count). The number of amides is 3. The van der Waals surface area contributed by atoms with Crippen molar-refractivity contribution < 1.29 is 23.9 Å². The third-order valence-corrected chi connectivity index (χ3v) is 8.26. The molecule has 2 saturated heterocycles. The van der Waals surface area contributed by atoms with Crippen molar-refractivity contribution in [1.29, 1.82) is 0 Å². The largest absolute Gasteiger partial charge is 0.492 e. The molecular formula is C27H38N4O5. The van der Waals surface area contributed by atoms with Crippen molar-refractivity contribution in [2.75, 3.05) is 26.7 Å². The highest BCUT2D eigenvalue weighted by Crippen LogP contribution is 2.42. The Morgan fingerprint density at radius 2 is 1.86 bits per heavy atom. The Kier molecular flexibility index (Phi) is 7.21. The van der Waals surface area contributed by atoms with E-state index in [1.165, 1.54) is 12.8 Å². The molecule has 1 atom stereocenters. The van der Waals surface area contributed by atoms with Gasteiger partial charge < -0.3 is 19.7 Å². The molecular weight excluding hydrogens is 460 g/mol. The zero-order valence-electron chi connectivity index (χ0n) is 21.5. The fourth-order valence-electron chi connectivity index (χ4n) is 6.14. The monoisotopic (exact) mass is 498 g/mol. The number of nitrogens with one attached hydrogen (secondary N) is 2. The third-order valence-electron chi connectivity index (χ3n) is 8.26. The van der Waals surface area contributed by atoms with Crippen LogP contribution in [0.4, 0.5) is 0 Å². The van der Waals surface area contributed by atoms with Gasteiger partial charge in [-0.05, 0) is 64.3 Å². The molecule has 0 aromatic heterocycles.